The molecule has 11 aromatic carbocycles. The first-order valence-electron chi connectivity index (χ1n) is 25.5. The lowest BCUT2D eigenvalue weighted by atomic mass is 10.1. The van der Waals surface area contributed by atoms with Crippen molar-refractivity contribution in [2.24, 2.45) is 0 Å². The molecule has 0 saturated carbocycles. The van der Waals surface area contributed by atoms with Gasteiger partial charge in [-0.3, -0.25) is 9.13 Å². The average molecular weight is 958 g/mol. The van der Waals surface area contributed by atoms with Gasteiger partial charge in [-0.25, -0.2) is 9.97 Å². The third kappa shape index (κ3) is 5.97. The molecule has 0 aliphatic rings. The maximum atomic E-state index is 5.64. The van der Waals surface area contributed by atoms with Gasteiger partial charge in [-0.05, 0) is 66.7 Å². The topological polar surface area (TPSA) is 50.4 Å². The zero-order valence-electron chi connectivity index (χ0n) is 40.5. The summed E-state index contributed by atoms with van der Waals surface area (Å²) in [7, 11) is 0. The van der Waals surface area contributed by atoms with Gasteiger partial charge < -0.3 is 13.7 Å². The van der Waals surface area contributed by atoms with Crippen molar-refractivity contribution in [3.8, 4) is 51.2 Å². The zero-order chi connectivity index (χ0) is 49.1. The summed E-state index contributed by atoms with van der Waals surface area (Å²) in [4.78, 5) is 11.3. The zero-order valence-corrected chi connectivity index (χ0v) is 40.5. The van der Waals surface area contributed by atoms with Gasteiger partial charge in [0.05, 0.1) is 83.6 Å². The Morgan fingerprint density at radius 2 is 0.480 bits per heavy atom. The molecule has 0 aliphatic heterocycles. The molecule has 16 rings (SSSR count). The Labute approximate surface area is 430 Å². The van der Waals surface area contributed by atoms with E-state index in [1.54, 1.807) is 0 Å². The highest BCUT2D eigenvalue weighted by molar-refractivity contribution is 6.14. The molecule has 7 nitrogen and oxygen atoms in total. The highest BCUT2D eigenvalue weighted by atomic mass is 15.2. The summed E-state index contributed by atoms with van der Waals surface area (Å²) in [5.74, 6) is 1.66. The molecule has 350 valence electrons. The molecule has 0 amide bonds. The van der Waals surface area contributed by atoms with Crippen LogP contribution in [0.15, 0.2) is 261 Å². The Morgan fingerprint density at radius 3 is 0.813 bits per heavy atom. The normalized spacial score (nSPS) is 12.0. The quantitative estimate of drug-likeness (QED) is 0.160. The second-order valence-corrected chi connectivity index (χ2v) is 19.3. The Hall–Kier alpha value is -10.2. The van der Waals surface area contributed by atoms with Crippen molar-refractivity contribution in [1.29, 1.82) is 0 Å². The van der Waals surface area contributed by atoms with Crippen molar-refractivity contribution in [2.75, 3.05) is 0 Å². The fourth-order valence-electron chi connectivity index (χ4n) is 12.2. The lowest BCUT2D eigenvalue weighted by molar-refractivity contribution is 0.972. The second-order valence-electron chi connectivity index (χ2n) is 19.3. The molecule has 0 spiro atoms. The van der Waals surface area contributed by atoms with Gasteiger partial charge in [0.2, 0.25) is 0 Å². The highest BCUT2D eigenvalue weighted by Crippen LogP contribution is 2.49. The Bertz CT molecular complexity index is 4540. The fourth-order valence-corrected chi connectivity index (χ4v) is 12.2. The number of hydrogen-bond donors (Lipinski definition) is 0. The largest absolute Gasteiger partial charge is 0.307 e. The van der Waals surface area contributed by atoms with E-state index in [1.165, 1.54) is 21.5 Å². The molecule has 16 aromatic rings. The number of nitrogens with zero attached hydrogens (tertiary/aromatic N) is 7. The van der Waals surface area contributed by atoms with Crippen LogP contribution in [0.4, 0.5) is 0 Å². The van der Waals surface area contributed by atoms with Crippen LogP contribution in [-0.4, -0.2) is 32.8 Å². The maximum absolute atomic E-state index is 5.64. The first-order chi connectivity index (χ1) is 37.3. The first-order valence-corrected chi connectivity index (χ1v) is 25.5. The summed E-state index contributed by atoms with van der Waals surface area (Å²) in [6.45, 7) is 0. The Balaban J connectivity index is 1.27. The van der Waals surface area contributed by atoms with Crippen LogP contribution in [-0.2, 0) is 0 Å². The van der Waals surface area contributed by atoms with Crippen molar-refractivity contribution >= 4 is 87.5 Å². The van der Waals surface area contributed by atoms with Crippen molar-refractivity contribution in [2.45, 2.75) is 0 Å². The molecule has 0 N–H and O–H groups in total. The monoisotopic (exact) mass is 957 g/mol. The number of rotatable bonds is 7. The van der Waals surface area contributed by atoms with Crippen LogP contribution >= 0.6 is 0 Å². The number of benzene rings is 11. The van der Waals surface area contributed by atoms with Crippen LogP contribution in [0.2, 0.25) is 0 Å². The molecular weight excluding hydrogens is 915 g/mol. The number of imidazole rings is 2. The van der Waals surface area contributed by atoms with Crippen LogP contribution < -0.4 is 0 Å². The van der Waals surface area contributed by atoms with Gasteiger partial charge in [0.1, 0.15) is 11.6 Å². The van der Waals surface area contributed by atoms with Crippen LogP contribution in [0.5, 0.6) is 0 Å². The van der Waals surface area contributed by atoms with Gasteiger partial charge in [-0.1, -0.05) is 194 Å². The molecule has 5 heterocycles. The van der Waals surface area contributed by atoms with Crippen molar-refractivity contribution in [3.63, 3.8) is 0 Å². The van der Waals surface area contributed by atoms with E-state index < -0.39 is 0 Å². The molecule has 0 fully saturated rings. The predicted octanol–water partition coefficient (Wildman–Crippen LogP) is 17.0. The molecule has 0 saturated heterocycles. The average Bonchev–Trinajstić information content (AvgIpc) is 4.39. The van der Waals surface area contributed by atoms with E-state index >= 15 is 0 Å². The Morgan fingerprint density at radius 1 is 0.213 bits per heavy atom. The SMILES string of the molecule is c1ccc(-c2nc3ccccc3n2-c2c(-n3c4ccccc4c4ccccc43)cc(-n3c4ccccc4c4ccccc43)c(-n3c(-c4ccccc4)nc4ccccc43)c2-n2c3ccccc3c3ccccc32)cc1. The fraction of sp³-hybridized carbons (Fsp3) is 0. The molecule has 0 atom stereocenters. The summed E-state index contributed by atoms with van der Waals surface area (Å²) in [6.07, 6.45) is 0. The molecule has 0 aliphatic carbocycles. The number of fused-ring (bicyclic) bond motifs is 11. The van der Waals surface area contributed by atoms with Crippen LogP contribution in [0.25, 0.3) is 139 Å². The summed E-state index contributed by atoms with van der Waals surface area (Å²) in [5, 5.41) is 7.00. The summed E-state index contributed by atoms with van der Waals surface area (Å²) < 4.78 is 12.4. The van der Waals surface area contributed by atoms with E-state index in [9.17, 15) is 0 Å². The smallest absolute Gasteiger partial charge is 0.145 e. The molecule has 0 radical (unpaired) electrons. The summed E-state index contributed by atoms with van der Waals surface area (Å²) in [6, 6.07) is 94.2. The van der Waals surface area contributed by atoms with Gasteiger partial charge in [0.15, 0.2) is 0 Å². The molecule has 5 aromatic heterocycles. The van der Waals surface area contributed by atoms with Crippen molar-refractivity contribution in [1.82, 2.24) is 32.8 Å². The third-order valence-electron chi connectivity index (χ3n) is 15.3. The van der Waals surface area contributed by atoms with Crippen molar-refractivity contribution in [3.05, 3.63) is 261 Å². The van der Waals surface area contributed by atoms with Gasteiger partial charge in [0.25, 0.3) is 0 Å². The van der Waals surface area contributed by atoms with Gasteiger partial charge in [-0.15, -0.1) is 0 Å². The third-order valence-corrected chi connectivity index (χ3v) is 15.3. The molecule has 0 unspecified atom stereocenters. The second kappa shape index (κ2) is 16.1. The lowest BCUT2D eigenvalue weighted by Gasteiger charge is -2.29. The van der Waals surface area contributed by atoms with E-state index in [0.717, 1.165) is 117 Å². The molecule has 0 bridgehead atoms. The number of aromatic nitrogens is 7. The maximum Gasteiger partial charge on any atom is 0.145 e. The van der Waals surface area contributed by atoms with Crippen molar-refractivity contribution < 1.29 is 0 Å². The lowest BCUT2D eigenvalue weighted by Crippen LogP contribution is -2.17. The predicted molar refractivity (Wildman–Crippen MR) is 310 cm³/mol. The summed E-state index contributed by atoms with van der Waals surface area (Å²) >= 11 is 0. The minimum atomic E-state index is 0.829. The standard InChI is InChI=1S/C68H43N7/c1-3-23-44(24-4-1)67-69-52-33-13-21-41-60(52)74(67)64-62(71-54-35-15-7-27-46(54)47-28-8-16-36-55(47)71)43-63(72-56-37-17-9-29-48(56)49-30-10-18-38-57(49)72)65(66(64)73-58-39-19-11-31-50(58)51-32-12-20-40-59(51)73)75-61-42-22-14-34-53(61)70-68(75)45-25-5-2-6-26-45/h1-43H. The number of hydrogen-bond acceptors (Lipinski definition) is 2. The van der Waals surface area contributed by atoms with Gasteiger partial charge >= 0.3 is 0 Å². The van der Waals surface area contributed by atoms with Crippen LogP contribution in [0, 0.1) is 0 Å². The van der Waals surface area contributed by atoms with E-state index in [4.69, 9.17) is 9.97 Å². The Kier molecular flexibility index (Phi) is 8.90. The van der Waals surface area contributed by atoms with E-state index in [1.807, 2.05) is 0 Å². The highest BCUT2D eigenvalue weighted by Gasteiger charge is 2.34. The van der Waals surface area contributed by atoms with Gasteiger partial charge in [0, 0.05) is 43.4 Å². The minimum absolute atomic E-state index is 0.829. The molecule has 7 heteroatoms. The first kappa shape index (κ1) is 41.4. The molecule has 75 heavy (non-hydrogen) atoms. The molecular formula is C68H43N7. The van der Waals surface area contributed by atoms with Crippen LogP contribution in [0.3, 0.4) is 0 Å². The number of para-hydroxylation sites is 10. The van der Waals surface area contributed by atoms with Crippen LogP contribution in [0.1, 0.15) is 0 Å². The van der Waals surface area contributed by atoms with Gasteiger partial charge in [-0.2, -0.15) is 0 Å². The minimum Gasteiger partial charge on any atom is -0.307 e. The van der Waals surface area contributed by atoms with E-state index in [2.05, 4.69) is 284 Å². The van der Waals surface area contributed by atoms with E-state index in [-0.39, 0.29) is 0 Å². The summed E-state index contributed by atoms with van der Waals surface area (Å²) in [5.41, 5.74) is 17.1. The van der Waals surface area contributed by atoms with E-state index in [0.29, 0.717) is 0 Å².